The molecule has 1 saturated carbocycles. The van der Waals surface area contributed by atoms with Gasteiger partial charge in [-0.25, -0.2) is 9.97 Å². The number of hydrogen-bond donors (Lipinski definition) is 2. The predicted molar refractivity (Wildman–Crippen MR) is 80.6 cm³/mol. The van der Waals surface area contributed by atoms with Gasteiger partial charge in [-0.2, -0.15) is 0 Å². The second-order valence-electron chi connectivity index (χ2n) is 5.68. The van der Waals surface area contributed by atoms with Crippen LogP contribution in [0.5, 0.6) is 0 Å². The molecule has 1 heterocycles. The van der Waals surface area contributed by atoms with Crippen molar-refractivity contribution in [1.29, 1.82) is 0 Å². The number of rotatable bonds is 5. The zero-order valence-corrected chi connectivity index (χ0v) is 12.4. The molecular formula is C15H26N4. The number of aromatic nitrogens is 2. The van der Waals surface area contributed by atoms with E-state index in [0.29, 0.717) is 0 Å². The second kappa shape index (κ2) is 6.73. The highest BCUT2D eigenvalue weighted by Crippen LogP contribution is 2.28. The van der Waals surface area contributed by atoms with Crippen LogP contribution in [0.1, 0.15) is 45.4 Å². The molecule has 2 rings (SSSR count). The van der Waals surface area contributed by atoms with Crippen molar-refractivity contribution < 1.29 is 0 Å². The van der Waals surface area contributed by atoms with Gasteiger partial charge in [-0.1, -0.05) is 26.7 Å². The lowest BCUT2D eigenvalue weighted by Gasteiger charge is -2.27. The van der Waals surface area contributed by atoms with Crippen LogP contribution in [0.3, 0.4) is 0 Å². The van der Waals surface area contributed by atoms with Crippen molar-refractivity contribution >= 4 is 11.6 Å². The molecule has 2 N–H and O–H groups in total. The Hall–Kier alpha value is -1.32. The fourth-order valence-corrected chi connectivity index (χ4v) is 2.87. The van der Waals surface area contributed by atoms with E-state index in [4.69, 9.17) is 0 Å². The third kappa shape index (κ3) is 4.08. The molecule has 2 atom stereocenters. The standard InChI is InChI=1S/C15H26N4/c1-4-13-18-14(16-3)9-15(19-13)17-10-12-7-5-6-11(2)8-12/h9,11-12H,4-8,10H2,1-3H3,(H2,16,17,18,19). The third-order valence-electron chi connectivity index (χ3n) is 3.96. The Morgan fingerprint density at radius 1 is 1.26 bits per heavy atom. The van der Waals surface area contributed by atoms with Crippen LogP contribution in [-0.2, 0) is 6.42 Å². The van der Waals surface area contributed by atoms with Crippen LogP contribution >= 0.6 is 0 Å². The van der Waals surface area contributed by atoms with Crippen LogP contribution in [0.15, 0.2) is 6.07 Å². The first kappa shape index (κ1) is 14.1. The molecular weight excluding hydrogens is 236 g/mol. The zero-order valence-electron chi connectivity index (χ0n) is 12.4. The number of nitrogens with one attached hydrogen (secondary N) is 2. The van der Waals surface area contributed by atoms with Gasteiger partial charge in [0.15, 0.2) is 0 Å². The van der Waals surface area contributed by atoms with Crippen LogP contribution in [0.2, 0.25) is 0 Å². The molecule has 106 valence electrons. The van der Waals surface area contributed by atoms with Crippen LogP contribution in [0.4, 0.5) is 11.6 Å². The van der Waals surface area contributed by atoms with Crippen LogP contribution < -0.4 is 10.6 Å². The first-order valence-corrected chi connectivity index (χ1v) is 7.50. The lowest BCUT2D eigenvalue weighted by atomic mass is 9.82. The SMILES string of the molecule is CCc1nc(NC)cc(NCC2CCCC(C)C2)n1. The van der Waals surface area contributed by atoms with Crippen molar-refractivity contribution in [3.63, 3.8) is 0 Å². The summed E-state index contributed by atoms with van der Waals surface area (Å²) in [7, 11) is 1.90. The molecule has 0 spiro atoms. The van der Waals surface area contributed by atoms with Gasteiger partial charge in [0.2, 0.25) is 0 Å². The van der Waals surface area contributed by atoms with Gasteiger partial charge < -0.3 is 10.6 Å². The highest BCUT2D eigenvalue weighted by atomic mass is 15.1. The molecule has 2 unspecified atom stereocenters. The van der Waals surface area contributed by atoms with Crippen LogP contribution in [-0.4, -0.2) is 23.6 Å². The third-order valence-corrected chi connectivity index (χ3v) is 3.96. The predicted octanol–water partition coefficient (Wildman–Crippen LogP) is 3.32. The van der Waals surface area contributed by atoms with E-state index >= 15 is 0 Å². The Morgan fingerprint density at radius 2 is 2.05 bits per heavy atom. The minimum atomic E-state index is 0.793. The molecule has 4 nitrogen and oxygen atoms in total. The molecule has 1 aliphatic rings. The summed E-state index contributed by atoms with van der Waals surface area (Å²) in [6, 6.07) is 1.99. The van der Waals surface area contributed by atoms with Gasteiger partial charge >= 0.3 is 0 Å². The summed E-state index contributed by atoms with van der Waals surface area (Å²) < 4.78 is 0. The first-order chi connectivity index (χ1) is 9.21. The van der Waals surface area contributed by atoms with E-state index in [2.05, 4.69) is 34.4 Å². The molecule has 4 heteroatoms. The topological polar surface area (TPSA) is 49.8 Å². The molecule has 0 amide bonds. The molecule has 0 aromatic carbocycles. The molecule has 0 aliphatic heterocycles. The summed E-state index contributed by atoms with van der Waals surface area (Å²) >= 11 is 0. The molecule has 19 heavy (non-hydrogen) atoms. The first-order valence-electron chi connectivity index (χ1n) is 7.50. The van der Waals surface area contributed by atoms with Gasteiger partial charge in [0, 0.05) is 26.1 Å². The Bertz CT molecular complexity index is 383. The summed E-state index contributed by atoms with van der Waals surface area (Å²) in [4.78, 5) is 8.96. The zero-order chi connectivity index (χ0) is 13.7. The smallest absolute Gasteiger partial charge is 0.132 e. The largest absolute Gasteiger partial charge is 0.373 e. The molecule has 0 radical (unpaired) electrons. The summed E-state index contributed by atoms with van der Waals surface area (Å²) in [6.45, 7) is 5.49. The summed E-state index contributed by atoms with van der Waals surface area (Å²) in [5.74, 6) is 4.42. The van der Waals surface area contributed by atoms with Crippen molar-refractivity contribution in [2.24, 2.45) is 11.8 Å². The molecule has 1 fully saturated rings. The van der Waals surface area contributed by atoms with E-state index < -0.39 is 0 Å². The fourth-order valence-electron chi connectivity index (χ4n) is 2.87. The fraction of sp³-hybridized carbons (Fsp3) is 0.733. The van der Waals surface area contributed by atoms with Crippen LogP contribution in [0.25, 0.3) is 0 Å². The number of anilines is 2. The minimum Gasteiger partial charge on any atom is -0.373 e. The monoisotopic (exact) mass is 262 g/mol. The van der Waals surface area contributed by atoms with Crippen molar-refractivity contribution in [2.45, 2.75) is 46.0 Å². The quantitative estimate of drug-likeness (QED) is 0.854. The maximum atomic E-state index is 4.54. The van der Waals surface area contributed by atoms with Gasteiger partial charge in [-0.15, -0.1) is 0 Å². The van der Waals surface area contributed by atoms with E-state index in [9.17, 15) is 0 Å². The molecule has 0 bridgehead atoms. The van der Waals surface area contributed by atoms with Crippen LogP contribution in [0, 0.1) is 11.8 Å². The average Bonchev–Trinajstić information content (AvgIpc) is 2.44. The lowest BCUT2D eigenvalue weighted by Crippen LogP contribution is -2.21. The van der Waals surface area contributed by atoms with E-state index in [-0.39, 0.29) is 0 Å². The Morgan fingerprint density at radius 3 is 2.74 bits per heavy atom. The molecule has 0 saturated heterocycles. The molecule has 1 aromatic rings. The average molecular weight is 262 g/mol. The van der Waals surface area contributed by atoms with Gasteiger partial charge in [-0.05, 0) is 24.7 Å². The van der Waals surface area contributed by atoms with Gasteiger partial charge in [0.05, 0.1) is 0 Å². The maximum absolute atomic E-state index is 4.54. The number of hydrogen-bond acceptors (Lipinski definition) is 4. The number of aryl methyl sites for hydroxylation is 1. The lowest BCUT2D eigenvalue weighted by molar-refractivity contribution is 0.293. The van der Waals surface area contributed by atoms with Crippen molar-refractivity contribution in [1.82, 2.24) is 9.97 Å². The van der Waals surface area contributed by atoms with Gasteiger partial charge in [0.1, 0.15) is 17.5 Å². The van der Waals surface area contributed by atoms with E-state index in [1.54, 1.807) is 0 Å². The summed E-state index contributed by atoms with van der Waals surface area (Å²) in [5, 5.41) is 6.59. The second-order valence-corrected chi connectivity index (χ2v) is 5.68. The Kier molecular flexibility index (Phi) is 5.00. The van der Waals surface area contributed by atoms with Crippen molar-refractivity contribution in [3.05, 3.63) is 11.9 Å². The van der Waals surface area contributed by atoms with Gasteiger partial charge in [0.25, 0.3) is 0 Å². The van der Waals surface area contributed by atoms with E-state index in [1.807, 2.05) is 13.1 Å². The van der Waals surface area contributed by atoms with Crippen molar-refractivity contribution in [3.8, 4) is 0 Å². The Balaban J connectivity index is 1.94. The molecule has 1 aliphatic carbocycles. The molecule has 1 aromatic heterocycles. The highest BCUT2D eigenvalue weighted by molar-refractivity contribution is 5.47. The van der Waals surface area contributed by atoms with E-state index in [1.165, 1.54) is 25.7 Å². The summed E-state index contributed by atoms with van der Waals surface area (Å²) in [6.07, 6.45) is 6.33. The summed E-state index contributed by atoms with van der Waals surface area (Å²) in [5.41, 5.74) is 0. The highest BCUT2D eigenvalue weighted by Gasteiger charge is 2.18. The normalized spacial score (nSPS) is 23.1. The number of nitrogens with zero attached hydrogens (tertiary/aromatic N) is 2. The minimum absolute atomic E-state index is 0.793. The maximum Gasteiger partial charge on any atom is 0.132 e. The Labute approximate surface area is 116 Å². The van der Waals surface area contributed by atoms with Gasteiger partial charge in [-0.3, -0.25) is 0 Å². The van der Waals surface area contributed by atoms with Crippen molar-refractivity contribution in [2.75, 3.05) is 24.2 Å². The van der Waals surface area contributed by atoms with E-state index in [0.717, 1.165) is 42.3 Å².